The van der Waals surface area contributed by atoms with Crippen LogP contribution in [0.2, 0.25) is 5.02 Å². The van der Waals surface area contributed by atoms with Gasteiger partial charge in [-0.15, -0.1) is 0 Å². The Labute approximate surface area is 115 Å². The molecule has 0 fully saturated rings. The average molecular weight is 277 g/mol. The first kappa shape index (κ1) is 13.2. The van der Waals surface area contributed by atoms with E-state index in [0.29, 0.717) is 16.4 Å². The molecule has 2 aromatic carbocycles. The molecule has 0 unspecified atom stereocenters. The van der Waals surface area contributed by atoms with Crippen LogP contribution in [-0.2, 0) is 0 Å². The van der Waals surface area contributed by atoms with Crippen LogP contribution in [0.3, 0.4) is 0 Å². The molecule has 0 spiro atoms. The first-order valence-electron chi connectivity index (χ1n) is 5.63. The number of nitrogens with one attached hydrogen (secondary N) is 1. The molecule has 0 radical (unpaired) electrons. The number of hydrogen-bond donors (Lipinski definition) is 3. The highest BCUT2D eigenvalue weighted by Crippen LogP contribution is 2.24. The predicted octanol–water partition coefficient (Wildman–Crippen LogP) is 3.19. The van der Waals surface area contributed by atoms with Crippen LogP contribution in [0.5, 0.6) is 5.75 Å². The summed E-state index contributed by atoms with van der Waals surface area (Å²) < 4.78 is 0. The summed E-state index contributed by atoms with van der Waals surface area (Å²) in [7, 11) is 0. The summed E-state index contributed by atoms with van der Waals surface area (Å²) in [6.45, 7) is 1.84. The predicted molar refractivity (Wildman–Crippen MR) is 76.7 cm³/mol. The zero-order valence-electron chi connectivity index (χ0n) is 10.3. The van der Waals surface area contributed by atoms with E-state index in [0.717, 1.165) is 5.56 Å². The van der Waals surface area contributed by atoms with Gasteiger partial charge in [0.25, 0.3) is 5.91 Å². The maximum absolute atomic E-state index is 12.0. The number of phenolic OH excluding ortho intramolecular Hbond substituents is 1. The molecule has 0 aromatic heterocycles. The van der Waals surface area contributed by atoms with Crippen LogP contribution in [0.1, 0.15) is 15.9 Å². The lowest BCUT2D eigenvalue weighted by Crippen LogP contribution is -2.12. The van der Waals surface area contributed by atoms with Crippen molar-refractivity contribution in [1.82, 2.24) is 0 Å². The molecule has 2 rings (SSSR count). The minimum Gasteiger partial charge on any atom is -0.507 e. The summed E-state index contributed by atoms with van der Waals surface area (Å²) >= 11 is 5.87. The van der Waals surface area contributed by atoms with E-state index in [2.05, 4.69) is 5.32 Å². The monoisotopic (exact) mass is 276 g/mol. The Balaban J connectivity index is 2.25. The summed E-state index contributed by atoms with van der Waals surface area (Å²) in [5, 5.41) is 12.7. The standard InChI is InChI=1S/C14H13ClN2O2/c1-8-2-5-13(18)10(6-8)14(19)17-9-3-4-12(16)11(15)7-9/h2-7,18H,16H2,1H3,(H,17,19). The van der Waals surface area contributed by atoms with E-state index in [1.807, 2.05) is 6.92 Å². The van der Waals surface area contributed by atoms with Gasteiger partial charge in [0.15, 0.2) is 0 Å². The fourth-order valence-electron chi connectivity index (χ4n) is 1.64. The molecule has 4 N–H and O–H groups in total. The number of aromatic hydroxyl groups is 1. The van der Waals surface area contributed by atoms with E-state index >= 15 is 0 Å². The van der Waals surface area contributed by atoms with Crippen molar-refractivity contribution in [2.75, 3.05) is 11.1 Å². The Bertz CT molecular complexity index is 641. The number of hydrogen-bond acceptors (Lipinski definition) is 3. The molecule has 2 aromatic rings. The lowest BCUT2D eigenvalue weighted by atomic mass is 10.1. The van der Waals surface area contributed by atoms with Crippen molar-refractivity contribution in [3.05, 3.63) is 52.5 Å². The van der Waals surface area contributed by atoms with Gasteiger partial charge in [-0.1, -0.05) is 23.2 Å². The second-order valence-electron chi connectivity index (χ2n) is 4.21. The average Bonchev–Trinajstić information content (AvgIpc) is 2.36. The normalized spacial score (nSPS) is 10.2. The first-order valence-corrected chi connectivity index (χ1v) is 6.01. The Morgan fingerprint density at radius 3 is 2.68 bits per heavy atom. The number of nitrogen functional groups attached to an aromatic ring is 1. The second-order valence-corrected chi connectivity index (χ2v) is 4.62. The molecular weight excluding hydrogens is 264 g/mol. The van der Waals surface area contributed by atoms with Gasteiger partial charge in [-0.25, -0.2) is 0 Å². The second kappa shape index (κ2) is 5.20. The molecular formula is C14H13ClN2O2. The summed E-state index contributed by atoms with van der Waals surface area (Å²) in [4.78, 5) is 12.0. The minimum atomic E-state index is -0.401. The molecule has 1 amide bonds. The summed E-state index contributed by atoms with van der Waals surface area (Å²) in [6.07, 6.45) is 0. The highest BCUT2D eigenvalue weighted by Gasteiger charge is 2.12. The van der Waals surface area contributed by atoms with Crippen LogP contribution >= 0.6 is 11.6 Å². The van der Waals surface area contributed by atoms with Gasteiger partial charge >= 0.3 is 0 Å². The van der Waals surface area contributed by atoms with Gasteiger partial charge in [0.05, 0.1) is 16.3 Å². The van der Waals surface area contributed by atoms with E-state index < -0.39 is 5.91 Å². The van der Waals surface area contributed by atoms with Gasteiger partial charge in [-0.2, -0.15) is 0 Å². The van der Waals surface area contributed by atoms with Crippen LogP contribution < -0.4 is 11.1 Å². The van der Waals surface area contributed by atoms with Gasteiger partial charge in [-0.05, 0) is 37.3 Å². The van der Waals surface area contributed by atoms with Crippen LogP contribution in [0.25, 0.3) is 0 Å². The summed E-state index contributed by atoms with van der Waals surface area (Å²) in [5.41, 5.74) is 7.65. The molecule has 5 heteroatoms. The molecule has 98 valence electrons. The SMILES string of the molecule is Cc1ccc(O)c(C(=O)Nc2ccc(N)c(Cl)c2)c1. The van der Waals surface area contributed by atoms with E-state index in [-0.39, 0.29) is 11.3 Å². The molecule has 0 aliphatic carbocycles. The number of phenols is 1. The van der Waals surface area contributed by atoms with Gasteiger partial charge in [-0.3, -0.25) is 4.79 Å². The van der Waals surface area contributed by atoms with Crippen LogP contribution in [0.15, 0.2) is 36.4 Å². The third-order valence-electron chi connectivity index (χ3n) is 2.66. The Hall–Kier alpha value is -2.20. The molecule has 0 saturated carbocycles. The lowest BCUT2D eigenvalue weighted by Gasteiger charge is -2.08. The summed E-state index contributed by atoms with van der Waals surface area (Å²) in [6, 6.07) is 9.64. The highest BCUT2D eigenvalue weighted by molar-refractivity contribution is 6.33. The lowest BCUT2D eigenvalue weighted by molar-refractivity contribution is 0.102. The van der Waals surface area contributed by atoms with Crippen molar-refractivity contribution in [1.29, 1.82) is 0 Å². The fraction of sp³-hybridized carbons (Fsp3) is 0.0714. The number of halogens is 1. The Morgan fingerprint density at radius 2 is 2.00 bits per heavy atom. The molecule has 19 heavy (non-hydrogen) atoms. The van der Waals surface area contributed by atoms with Crippen molar-refractivity contribution in [2.45, 2.75) is 6.92 Å². The molecule has 0 atom stereocenters. The number of nitrogens with two attached hydrogens (primary N) is 1. The number of carbonyl (C=O) groups excluding carboxylic acids is 1. The number of rotatable bonds is 2. The van der Waals surface area contributed by atoms with Crippen molar-refractivity contribution >= 4 is 28.9 Å². The Morgan fingerprint density at radius 1 is 1.26 bits per heavy atom. The van der Waals surface area contributed by atoms with Gasteiger partial charge in [0, 0.05) is 5.69 Å². The maximum atomic E-state index is 12.0. The molecule has 0 bridgehead atoms. The zero-order valence-corrected chi connectivity index (χ0v) is 11.0. The van der Waals surface area contributed by atoms with Crippen molar-refractivity contribution in [2.24, 2.45) is 0 Å². The number of aryl methyl sites for hydroxylation is 1. The number of benzene rings is 2. The van der Waals surface area contributed by atoms with Crippen molar-refractivity contribution in [3.8, 4) is 5.75 Å². The molecule has 0 saturated heterocycles. The smallest absolute Gasteiger partial charge is 0.259 e. The van der Waals surface area contributed by atoms with Crippen LogP contribution in [-0.4, -0.2) is 11.0 Å². The third-order valence-corrected chi connectivity index (χ3v) is 2.98. The van der Waals surface area contributed by atoms with Gasteiger partial charge in [0.2, 0.25) is 0 Å². The quantitative estimate of drug-likeness (QED) is 0.737. The van der Waals surface area contributed by atoms with Crippen LogP contribution in [0.4, 0.5) is 11.4 Å². The molecule has 0 aliphatic heterocycles. The van der Waals surface area contributed by atoms with E-state index in [1.165, 1.54) is 6.07 Å². The largest absolute Gasteiger partial charge is 0.507 e. The van der Waals surface area contributed by atoms with Crippen molar-refractivity contribution < 1.29 is 9.90 Å². The Kier molecular flexibility index (Phi) is 3.62. The van der Waals surface area contributed by atoms with E-state index in [1.54, 1.807) is 30.3 Å². The third kappa shape index (κ3) is 2.98. The number of carbonyl (C=O) groups is 1. The van der Waals surface area contributed by atoms with Gasteiger partial charge < -0.3 is 16.2 Å². The molecule has 4 nitrogen and oxygen atoms in total. The van der Waals surface area contributed by atoms with E-state index in [9.17, 15) is 9.90 Å². The first-order chi connectivity index (χ1) is 8.97. The topological polar surface area (TPSA) is 75.3 Å². The summed E-state index contributed by atoms with van der Waals surface area (Å²) in [5.74, 6) is -0.466. The highest BCUT2D eigenvalue weighted by atomic mass is 35.5. The number of anilines is 2. The minimum absolute atomic E-state index is 0.0651. The fourth-order valence-corrected chi connectivity index (χ4v) is 1.82. The van der Waals surface area contributed by atoms with Gasteiger partial charge in [0.1, 0.15) is 5.75 Å². The number of amides is 1. The maximum Gasteiger partial charge on any atom is 0.259 e. The van der Waals surface area contributed by atoms with Crippen LogP contribution in [0, 0.1) is 6.92 Å². The zero-order chi connectivity index (χ0) is 14.0. The molecule has 0 heterocycles. The van der Waals surface area contributed by atoms with Crippen molar-refractivity contribution in [3.63, 3.8) is 0 Å². The molecule has 0 aliphatic rings. The van der Waals surface area contributed by atoms with E-state index in [4.69, 9.17) is 17.3 Å².